The first-order valence-electron chi connectivity index (χ1n) is 8.24. The molecule has 0 aliphatic carbocycles. The van der Waals surface area contributed by atoms with Crippen molar-refractivity contribution in [1.29, 1.82) is 0 Å². The third kappa shape index (κ3) is 4.60. The summed E-state index contributed by atoms with van der Waals surface area (Å²) in [5.41, 5.74) is 2.48. The Morgan fingerprint density at radius 1 is 1.08 bits per heavy atom. The van der Waals surface area contributed by atoms with Gasteiger partial charge in [0.2, 0.25) is 0 Å². The molecule has 0 saturated carbocycles. The van der Waals surface area contributed by atoms with E-state index in [-0.39, 0.29) is 22.5 Å². The quantitative estimate of drug-likeness (QED) is 0.826. The van der Waals surface area contributed by atoms with Gasteiger partial charge < -0.3 is 5.32 Å². The van der Waals surface area contributed by atoms with E-state index in [4.69, 9.17) is 0 Å². The summed E-state index contributed by atoms with van der Waals surface area (Å²) < 4.78 is 27.9. The molecule has 0 saturated heterocycles. The van der Waals surface area contributed by atoms with Gasteiger partial charge in [0, 0.05) is 6.04 Å². The van der Waals surface area contributed by atoms with E-state index in [1.165, 1.54) is 0 Å². The van der Waals surface area contributed by atoms with Crippen LogP contribution in [0.15, 0.2) is 47.4 Å². The van der Waals surface area contributed by atoms with Crippen molar-refractivity contribution in [3.8, 4) is 0 Å². The van der Waals surface area contributed by atoms with Crippen LogP contribution >= 0.6 is 0 Å². The molecule has 1 amide bonds. The van der Waals surface area contributed by atoms with E-state index < -0.39 is 10.0 Å². The van der Waals surface area contributed by atoms with Crippen molar-refractivity contribution in [3.05, 3.63) is 59.2 Å². The van der Waals surface area contributed by atoms with E-state index >= 15 is 0 Å². The Morgan fingerprint density at radius 2 is 1.76 bits per heavy atom. The fourth-order valence-electron chi connectivity index (χ4n) is 2.26. The minimum absolute atomic E-state index is 0.0110. The standard InChI is InChI=1S/C19H24N2O3S/c1-5-15(4)20-19(22)17-8-6-7-9-18(17)21-25(23,24)16-11-10-13(2)14(3)12-16/h6-12,15,21H,5H2,1-4H3,(H,20,22)/t15-/m1/s1. The Labute approximate surface area is 149 Å². The average molecular weight is 360 g/mol. The summed E-state index contributed by atoms with van der Waals surface area (Å²) >= 11 is 0. The van der Waals surface area contributed by atoms with Crippen molar-refractivity contribution in [2.45, 2.75) is 45.1 Å². The summed E-state index contributed by atoms with van der Waals surface area (Å²) in [6.07, 6.45) is 0.794. The van der Waals surface area contributed by atoms with Crippen LogP contribution in [0.1, 0.15) is 41.8 Å². The third-order valence-electron chi connectivity index (χ3n) is 4.19. The number of aryl methyl sites for hydroxylation is 2. The average Bonchev–Trinajstić information content (AvgIpc) is 2.57. The summed E-state index contributed by atoms with van der Waals surface area (Å²) in [7, 11) is -3.77. The van der Waals surface area contributed by atoms with Crippen LogP contribution in [0.5, 0.6) is 0 Å². The zero-order valence-corrected chi connectivity index (χ0v) is 15.8. The molecule has 0 heterocycles. The van der Waals surface area contributed by atoms with Gasteiger partial charge >= 0.3 is 0 Å². The van der Waals surface area contributed by atoms with Crippen molar-refractivity contribution in [2.75, 3.05) is 4.72 Å². The molecule has 134 valence electrons. The number of anilines is 1. The fourth-order valence-corrected chi connectivity index (χ4v) is 3.42. The molecule has 0 bridgehead atoms. The number of nitrogens with one attached hydrogen (secondary N) is 2. The van der Waals surface area contributed by atoms with Crippen LogP contribution in [0.4, 0.5) is 5.69 Å². The molecule has 25 heavy (non-hydrogen) atoms. The molecular formula is C19H24N2O3S. The molecular weight excluding hydrogens is 336 g/mol. The minimum Gasteiger partial charge on any atom is -0.350 e. The topological polar surface area (TPSA) is 75.3 Å². The van der Waals surface area contributed by atoms with Gasteiger partial charge in [-0.15, -0.1) is 0 Å². The van der Waals surface area contributed by atoms with Crippen molar-refractivity contribution in [1.82, 2.24) is 5.32 Å². The largest absolute Gasteiger partial charge is 0.350 e. The highest BCUT2D eigenvalue weighted by molar-refractivity contribution is 7.92. The molecule has 0 aliphatic rings. The van der Waals surface area contributed by atoms with Crippen LogP contribution in [0.25, 0.3) is 0 Å². The Morgan fingerprint density at radius 3 is 2.40 bits per heavy atom. The molecule has 0 aromatic heterocycles. The van der Waals surface area contributed by atoms with Gasteiger partial charge in [0.1, 0.15) is 0 Å². The third-order valence-corrected chi connectivity index (χ3v) is 5.56. The van der Waals surface area contributed by atoms with E-state index in [0.29, 0.717) is 5.56 Å². The molecule has 2 N–H and O–H groups in total. The van der Waals surface area contributed by atoms with Crippen LogP contribution in [0.2, 0.25) is 0 Å². The van der Waals surface area contributed by atoms with E-state index in [0.717, 1.165) is 17.5 Å². The Hall–Kier alpha value is -2.34. The van der Waals surface area contributed by atoms with Gasteiger partial charge in [0.15, 0.2) is 0 Å². The number of rotatable bonds is 6. The van der Waals surface area contributed by atoms with Gasteiger partial charge in [-0.3, -0.25) is 9.52 Å². The maximum absolute atomic E-state index is 12.7. The summed E-state index contributed by atoms with van der Waals surface area (Å²) in [6, 6.07) is 11.6. The lowest BCUT2D eigenvalue weighted by atomic mass is 10.1. The molecule has 2 rings (SSSR count). The normalized spacial score (nSPS) is 12.5. The number of benzene rings is 2. The van der Waals surface area contributed by atoms with Gasteiger partial charge in [-0.1, -0.05) is 25.1 Å². The Kier molecular flexibility index (Phi) is 5.85. The second kappa shape index (κ2) is 7.70. The van der Waals surface area contributed by atoms with Gasteiger partial charge in [0.05, 0.1) is 16.1 Å². The smallest absolute Gasteiger partial charge is 0.261 e. The van der Waals surface area contributed by atoms with Crippen molar-refractivity contribution >= 4 is 21.6 Å². The Bertz CT molecular complexity index is 876. The molecule has 0 unspecified atom stereocenters. The number of para-hydroxylation sites is 1. The minimum atomic E-state index is -3.77. The maximum Gasteiger partial charge on any atom is 0.261 e. The highest BCUT2D eigenvalue weighted by atomic mass is 32.2. The van der Waals surface area contributed by atoms with Gasteiger partial charge in [-0.2, -0.15) is 0 Å². The molecule has 0 spiro atoms. The number of hydrogen-bond donors (Lipinski definition) is 2. The van der Waals surface area contributed by atoms with Crippen LogP contribution in [0, 0.1) is 13.8 Å². The summed E-state index contributed by atoms with van der Waals surface area (Å²) in [5.74, 6) is -0.298. The molecule has 1 atom stereocenters. The lowest BCUT2D eigenvalue weighted by Gasteiger charge is -2.15. The number of amides is 1. The highest BCUT2D eigenvalue weighted by Gasteiger charge is 2.19. The van der Waals surface area contributed by atoms with Crippen LogP contribution in [-0.2, 0) is 10.0 Å². The number of hydrogen-bond acceptors (Lipinski definition) is 3. The van der Waals surface area contributed by atoms with Crippen LogP contribution < -0.4 is 10.0 Å². The lowest BCUT2D eigenvalue weighted by molar-refractivity contribution is 0.0940. The fraction of sp³-hybridized carbons (Fsp3) is 0.316. The Balaban J connectivity index is 2.33. The van der Waals surface area contributed by atoms with Gasteiger partial charge in [0.25, 0.3) is 15.9 Å². The molecule has 2 aromatic carbocycles. The first kappa shape index (κ1) is 19.0. The van der Waals surface area contributed by atoms with Gasteiger partial charge in [-0.25, -0.2) is 8.42 Å². The van der Waals surface area contributed by atoms with Crippen molar-refractivity contribution in [2.24, 2.45) is 0 Å². The monoisotopic (exact) mass is 360 g/mol. The summed E-state index contributed by atoms with van der Waals surface area (Å²) in [5, 5.41) is 2.85. The molecule has 2 aromatic rings. The summed E-state index contributed by atoms with van der Waals surface area (Å²) in [4.78, 5) is 12.6. The number of carbonyl (C=O) groups excluding carboxylic acids is 1. The van der Waals surface area contributed by atoms with E-state index in [9.17, 15) is 13.2 Å². The van der Waals surface area contributed by atoms with E-state index in [2.05, 4.69) is 10.0 Å². The first-order valence-corrected chi connectivity index (χ1v) is 9.73. The molecule has 0 aliphatic heterocycles. The first-order chi connectivity index (χ1) is 11.7. The van der Waals surface area contributed by atoms with E-state index in [1.54, 1.807) is 42.5 Å². The second-order valence-electron chi connectivity index (χ2n) is 6.18. The lowest BCUT2D eigenvalue weighted by Crippen LogP contribution is -2.32. The molecule has 0 fully saturated rings. The van der Waals surface area contributed by atoms with Crippen molar-refractivity contribution in [3.63, 3.8) is 0 Å². The van der Waals surface area contributed by atoms with E-state index in [1.807, 2.05) is 27.7 Å². The van der Waals surface area contributed by atoms with Crippen molar-refractivity contribution < 1.29 is 13.2 Å². The van der Waals surface area contributed by atoms with Crippen LogP contribution in [0.3, 0.4) is 0 Å². The zero-order chi connectivity index (χ0) is 18.6. The second-order valence-corrected chi connectivity index (χ2v) is 7.86. The van der Waals surface area contributed by atoms with Gasteiger partial charge in [-0.05, 0) is 62.6 Å². The maximum atomic E-state index is 12.7. The molecule has 0 radical (unpaired) electrons. The van der Waals surface area contributed by atoms with Crippen LogP contribution in [-0.4, -0.2) is 20.4 Å². The SMILES string of the molecule is CC[C@@H](C)NC(=O)c1ccccc1NS(=O)(=O)c1ccc(C)c(C)c1. The number of sulfonamides is 1. The number of carbonyl (C=O) groups is 1. The molecule has 6 heteroatoms. The summed E-state index contributed by atoms with van der Waals surface area (Å²) in [6.45, 7) is 7.66. The predicted molar refractivity (Wildman–Crippen MR) is 100 cm³/mol. The predicted octanol–water partition coefficient (Wildman–Crippen LogP) is 3.63. The highest BCUT2D eigenvalue weighted by Crippen LogP contribution is 2.22. The zero-order valence-electron chi connectivity index (χ0n) is 15.0. The molecule has 5 nitrogen and oxygen atoms in total.